The highest BCUT2D eigenvalue weighted by Crippen LogP contribution is 2.25. The minimum atomic E-state index is -0.878. The third kappa shape index (κ3) is 2.29. The highest BCUT2D eigenvalue weighted by atomic mass is 16.5. The summed E-state index contributed by atoms with van der Waals surface area (Å²) in [6.45, 7) is 2.44. The Hall–Kier alpha value is -2.06. The summed E-state index contributed by atoms with van der Waals surface area (Å²) in [5.74, 6) is -1.45. The van der Waals surface area contributed by atoms with E-state index in [0.29, 0.717) is 17.9 Å². The molecule has 0 amide bonds. The van der Waals surface area contributed by atoms with E-state index in [-0.39, 0.29) is 12.6 Å². The van der Waals surface area contributed by atoms with E-state index >= 15 is 0 Å². The molecule has 1 aromatic rings. The molecular weight excluding hydrogens is 232 g/mol. The number of benzene rings is 1. The van der Waals surface area contributed by atoms with Crippen LogP contribution in [0.25, 0.3) is 0 Å². The largest absolute Gasteiger partial charge is 0.481 e. The number of carbonyl (C=O) groups is 1. The van der Waals surface area contributed by atoms with E-state index in [2.05, 4.69) is 11.4 Å². The Kier molecular flexibility index (Phi) is 3.49. The fourth-order valence-corrected chi connectivity index (χ4v) is 2.08. The topological polar surface area (TPSA) is 82.3 Å². The van der Waals surface area contributed by atoms with Crippen LogP contribution in [0.4, 0.5) is 5.69 Å². The standard InChI is InChI=1S/C13H14N2O3/c1-8-3-2-4-9(5-14)12(8)15-11-7-18-6-10(11)13(16)17/h2-4,10-11,15H,6-7H2,1H3,(H,16,17). The van der Waals surface area contributed by atoms with Gasteiger partial charge in [0.05, 0.1) is 30.5 Å². The van der Waals surface area contributed by atoms with Gasteiger partial charge in [-0.15, -0.1) is 0 Å². The van der Waals surface area contributed by atoms with Gasteiger partial charge in [0.1, 0.15) is 12.0 Å². The number of aryl methyl sites for hydroxylation is 1. The lowest BCUT2D eigenvalue weighted by Gasteiger charge is -2.19. The van der Waals surface area contributed by atoms with Crippen LogP contribution in [0, 0.1) is 24.2 Å². The molecule has 2 N–H and O–H groups in total. The number of nitrogens with one attached hydrogen (secondary N) is 1. The van der Waals surface area contributed by atoms with E-state index in [1.54, 1.807) is 12.1 Å². The maximum Gasteiger partial charge on any atom is 0.311 e. The molecular formula is C13H14N2O3. The van der Waals surface area contributed by atoms with Crippen LogP contribution in [0.1, 0.15) is 11.1 Å². The van der Waals surface area contributed by atoms with Gasteiger partial charge in [-0.3, -0.25) is 4.79 Å². The number of hydrogen-bond acceptors (Lipinski definition) is 4. The van der Waals surface area contributed by atoms with Gasteiger partial charge in [0.15, 0.2) is 0 Å². The lowest BCUT2D eigenvalue weighted by atomic mass is 10.0. The molecule has 2 rings (SSSR count). The summed E-state index contributed by atoms with van der Waals surface area (Å²) in [6, 6.07) is 7.21. The molecule has 0 spiro atoms. The molecule has 1 aliphatic heterocycles. The van der Waals surface area contributed by atoms with E-state index in [1.165, 1.54) is 0 Å². The number of ether oxygens (including phenoxy) is 1. The van der Waals surface area contributed by atoms with Crippen LogP contribution >= 0.6 is 0 Å². The maximum atomic E-state index is 11.1. The Balaban J connectivity index is 2.24. The molecule has 0 bridgehead atoms. The van der Waals surface area contributed by atoms with E-state index in [9.17, 15) is 4.79 Å². The quantitative estimate of drug-likeness (QED) is 0.841. The van der Waals surface area contributed by atoms with Crippen molar-refractivity contribution in [3.63, 3.8) is 0 Å². The first kappa shape index (κ1) is 12.4. The van der Waals surface area contributed by atoms with Gasteiger partial charge in [0.25, 0.3) is 0 Å². The molecule has 0 aromatic heterocycles. The van der Waals surface area contributed by atoms with Crippen molar-refractivity contribution in [1.82, 2.24) is 0 Å². The van der Waals surface area contributed by atoms with E-state index in [1.807, 2.05) is 13.0 Å². The highest BCUT2D eigenvalue weighted by molar-refractivity contribution is 5.73. The Morgan fingerprint density at radius 1 is 1.56 bits per heavy atom. The third-order valence-corrected chi connectivity index (χ3v) is 3.12. The van der Waals surface area contributed by atoms with Gasteiger partial charge in [-0.2, -0.15) is 5.26 Å². The molecule has 0 saturated carbocycles. The Bertz CT molecular complexity index is 507. The lowest BCUT2D eigenvalue weighted by molar-refractivity contribution is -0.141. The van der Waals surface area contributed by atoms with Crippen LogP contribution < -0.4 is 5.32 Å². The predicted molar refractivity (Wildman–Crippen MR) is 65.2 cm³/mol. The lowest BCUT2D eigenvalue weighted by Crippen LogP contribution is -2.33. The summed E-state index contributed by atoms with van der Waals surface area (Å²) in [7, 11) is 0. The molecule has 1 fully saturated rings. The summed E-state index contributed by atoms with van der Waals surface area (Å²) in [4.78, 5) is 11.1. The van der Waals surface area contributed by atoms with Gasteiger partial charge >= 0.3 is 5.97 Å². The highest BCUT2D eigenvalue weighted by Gasteiger charge is 2.34. The Morgan fingerprint density at radius 3 is 3.00 bits per heavy atom. The van der Waals surface area contributed by atoms with Crippen LogP contribution in [-0.4, -0.2) is 30.3 Å². The number of carboxylic acids is 1. The van der Waals surface area contributed by atoms with Crippen molar-refractivity contribution < 1.29 is 14.6 Å². The van der Waals surface area contributed by atoms with Crippen molar-refractivity contribution in [2.24, 2.45) is 5.92 Å². The number of anilines is 1. The van der Waals surface area contributed by atoms with E-state index in [0.717, 1.165) is 5.56 Å². The second-order valence-electron chi connectivity index (χ2n) is 4.34. The van der Waals surface area contributed by atoms with E-state index in [4.69, 9.17) is 15.1 Å². The molecule has 0 radical (unpaired) electrons. The summed E-state index contributed by atoms with van der Waals surface area (Å²) < 4.78 is 5.19. The minimum Gasteiger partial charge on any atom is -0.481 e. The number of carboxylic acid groups (broad SMARTS) is 1. The molecule has 5 heteroatoms. The molecule has 94 valence electrons. The molecule has 5 nitrogen and oxygen atoms in total. The fraction of sp³-hybridized carbons (Fsp3) is 0.385. The number of para-hydroxylation sites is 1. The molecule has 1 heterocycles. The first-order valence-corrected chi connectivity index (χ1v) is 5.70. The van der Waals surface area contributed by atoms with Crippen LogP contribution in [0.15, 0.2) is 18.2 Å². The normalized spacial score (nSPS) is 22.4. The number of hydrogen-bond donors (Lipinski definition) is 2. The molecule has 2 unspecified atom stereocenters. The van der Waals surface area contributed by atoms with Crippen LogP contribution in [-0.2, 0) is 9.53 Å². The zero-order valence-corrected chi connectivity index (χ0v) is 10.0. The zero-order chi connectivity index (χ0) is 13.1. The number of nitriles is 1. The van der Waals surface area contributed by atoms with Gasteiger partial charge in [-0.1, -0.05) is 12.1 Å². The second kappa shape index (κ2) is 5.07. The number of rotatable bonds is 3. The molecule has 18 heavy (non-hydrogen) atoms. The monoisotopic (exact) mass is 246 g/mol. The third-order valence-electron chi connectivity index (χ3n) is 3.12. The second-order valence-corrected chi connectivity index (χ2v) is 4.34. The van der Waals surface area contributed by atoms with E-state index < -0.39 is 11.9 Å². The minimum absolute atomic E-state index is 0.209. The molecule has 0 aliphatic carbocycles. The molecule has 1 saturated heterocycles. The molecule has 2 atom stereocenters. The summed E-state index contributed by atoms with van der Waals surface area (Å²) in [5.41, 5.74) is 2.14. The fourth-order valence-electron chi connectivity index (χ4n) is 2.08. The van der Waals surface area contributed by atoms with Crippen molar-refractivity contribution in [3.05, 3.63) is 29.3 Å². The van der Waals surface area contributed by atoms with Crippen molar-refractivity contribution >= 4 is 11.7 Å². The average molecular weight is 246 g/mol. The predicted octanol–water partition coefficient (Wildman–Crippen LogP) is 1.38. The number of nitrogens with zero attached hydrogens (tertiary/aromatic N) is 1. The van der Waals surface area contributed by atoms with Gasteiger partial charge < -0.3 is 15.2 Å². The van der Waals surface area contributed by atoms with Crippen molar-refractivity contribution in [1.29, 1.82) is 5.26 Å². The smallest absolute Gasteiger partial charge is 0.311 e. The zero-order valence-electron chi connectivity index (χ0n) is 10.0. The summed E-state index contributed by atoms with van der Waals surface area (Å²) in [6.07, 6.45) is 0. The van der Waals surface area contributed by atoms with Crippen molar-refractivity contribution in [2.45, 2.75) is 13.0 Å². The number of aliphatic carboxylic acids is 1. The van der Waals surface area contributed by atoms with Crippen LogP contribution in [0.3, 0.4) is 0 Å². The van der Waals surface area contributed by atoms with Gasteiger partial charge in [-0.25, -0.2) is 0 Å². The van der Waals surface area contributed by atoms with Crippen molar-refractivity contribution in [2.75, 3.05) is 18.5 Å². The summed E-state index contributed by atoms with van der Waals surface area (Å²) >= 11 is 0. The Morgan fingerprint density at radius 2 is 2.33 bits per heavy atom. The summed E-state index contributed by atoms with van der Waals surface area (Å²) in [5, 5.41) is 21.3. The molecule has 1 aromatic carbocycles. The first-order chi connectivity index (χ1) is 8.63. The first-order valence-electron chi connectivity index (χ1n) is 5.70. The van der Waals surface area contributed by atoms with Crippen LogP contribution in [0.2, 0.25) is 0 Å². The van der Waals surface area contributed by atoms with Gasteiger partial charge in [0, 0.05) is 0 Å². The van der Waals surface area contributed by atoms with Gasteiger partial charge in [-0.05, 0) is 18.6 Å². The Labute approximate surface area is 105 Å². The van der Waals surface area contributed by atoms with Gasteiger partial charge in [0.2, 0.25) is 0 Å². The SMILES string of the molecule is Cc1cccc(C#N)c1NC1COCC1C(=O)O. The van der Waals surface area contributed by atoms with Crippen molar-refractivity contribution in [3.8, 4) is 6.07 Å². The van der Waals surface area contributed by atoms with Crippen LogP contribution in [0.5, 0.6) is 0 Å². The molecule has 1 aliphatic rings. The average Bonchev–Trinajstić information content (AvgIpc) is 2.80. The maximum absolute atomic E-state index is 11.1.